The smallest absolute Gasteiger partial charge is 0.191 e. The summed E-state index contributed by atoms with van der Waals surface area (Å²) in [6.45, 7) is 12.7. The van der Waals surface area contributed by atoms with Crippen molar-refractivity contribution in [2.45, 2.75) is 26.3 Å². The van der Waals surface area contributed by atoms with Crippen LogP contribution >= 0.6 is 35.6 Å². The number of halogens is 2. The highest BCUT2D eigenvalue weighted by molar-refractivity contribution is 14.0. The lowest BCUT2D eigenvalue weighted by atomic mass is 10.0. The van der Waals surface area contributed by atoms with Crippen molar-refractivity contribution in [1.29, 1.82) is 0 Å². The van der Waals surface area contributed by atoms with Gasteiger partial charge in [0.1, 0.15) is 12.4 Å². The van der Waals surface area contributed by atoms with Crippen LogP contribution in [0.25, 0.3) is 0 Å². The van der Waals surface area contributed by atoms with Gasteiger partial charge in [-0.1, -0.05) is 23.7 Å². The maximum atomic E-state index is 6.09. The minimum absolute atomic E-state index is 0. The lowest BCUT2D eigenvalue weighted by Gasteiger charge is -2.39. The number of benzene rings is 1. The molecule has 1 aliphatic rings. The number of aliphatic imine (C=N–C) groups is 1. The summed E-state index contributed by atoms with van der Waals surface area (Å²) in [5.74, 6) is 1.50. The maximum absolute atomic E-state index is 6.09. The van der Waals surface area contributed by atoms with Gasteiger partial charge in [0.2, 0.25) is 0 Å². The molecule has 0 radical (unpaired) electrons. The molecular formula is C19H32ClIN4O2. The normalized spacial score (nSPS) is 15.8. The van der Waals surface area contributed by atoms with Crippen LogP contribution in [0.5, 0.6) is 5.75 Å². The van der Waals surface area contributed by atoms with Crippen LogP contribution in [-0.2, 0) is 4.74 Å². The Morgan fingerprint density at radius 1 is 1.26 bits per heavy atom. The van der Waals surface area contributed by atoms with Crippen molar-refractivity contribution in [3.8, 4) is 5.75 Å². The standard InChI is InChI=1S/C19H31ClN4O2.HI/c1-4-21-18(22-9-12-26-17-8-6-5-7-16(17)20)23-15-19(2,3)24-10-13-25-14-11-24;/h5-8H,4,9-15H2,1-3H3,(H2,21,22,23);1H. The van der Waals surface area contributed by atoms with Gasteiger partial charge in [0.05, 0.1) is 31.3 Å². The van der Waals surface area contributed by atoms with Crippen LogP contribution in [-0.4, -0.2) is 68.9 Å². The van der Waals surface area contributed by atoms with Crippen molar-refractivity contribution >= 4 is 41.5 Å². The third-order valence-corrected chi connectivity index (χ3v) is 4.64. The van der Waals surface area contributed by atoms with Gasteiger partial charge in [0.15, 0.2) is 5.96 Å². The molecule has 8 heteroatoms. The summed E-state index contributed by atoms with van der Waals surface area (Å²) in [4.78, 5) is 7.19. The van der Waals surface area contributed by atoms with Crippen molar-refractivity contribution in [1.82, 2.24) is 15.5 Å². The number of morpholine rings is 1. The molecule has 0 bridgehead atoms. The Morgan fingerprint density at radius 3 is 2.63 bits per heavy atom. The number of nitrogens with one attached hydrogen (secondary N) is 2. The van der Waals surface area contributed by atoms with E-state index in [4.69, 9.17) is 26.1 Å². The molecular weight excluding hydrogens is 479 g/mol. The van der Waals surface area contributed by atoms with Crippen molar-refractivity contribution in [3.05, 3.63) is 29.3 Å². The SMILES string of the molecule is CCNC(=NCC(C)(C)N1CCOCC1)NCCOc1ccccc1Cl.I. The number of ether oxygens (including phenoxy) is 2. The first-order valence-electron chi connectivity index (χ1n) is 9.25. The zero-order valence-electron chi connectivity index (χ0n) is 16.5. The Kier molecular flexibility index (Phi) is 11.4. The minimum atomic E-state index is 0. The molecule has 1 aromatic carbocycles. The topological polar surface area (TPSA) is 58.1 Å². The first kappa shape index (κ1) is 24.3. The largest absolute Gasteiger partial charge is 0.490 e. The highest BCUT2D eigenvalue weighted by atomic mass is 127. The summed E-state index contributed by atoms with van der Waals surface area (Å²) in [5.41, 5.74) is 0.000194. The molecule has 154 valence electrons. The van der Waals surface area contributed by atoms with Crippen molar-refractivity contribution in [2.24, 2.45) is 4.99 Å². The van der Waals surface area contributed by atoms with Gasteiger partial charge in [0.25, 0.3) is 0 Å². The molecule has 1 heterocycles. The molecule has 0 saturated carbocycles. The van der Waals surface area contributed by atoms with Crippen LogP contribution < -0.4 is 15.4 Å². The van der Waals surface area contributed by atoms with E-state index in [2.05, 4.69) is 36.3 Å². The molecule has 1 saturated heterocycles. The lowest BCUT2D eigenvalue weighted by molar-refractivity contribution is -0.00683. The van der Waals surface area contributed by atoms with Gasteiger partial charge in [-0.25, -0.2) is 0 Å². The highest BCUT2D eigenvalue weighted by Crippen LogP contribution is 2.22. The first-order chi connectivity index (χ1) is 12.5. The number of rotatable bonds is 8. The number of para-hydroxylation sites is 1. The molecule has 6 nitrogen and oxygen atoms in total. The van der Waals surface area contributed by atoms with E-state index < -0.39 is 0 Å². The summed E-state index contributed by atoms with van der Waals surface area (Å²) in [7, 11) is 0. The summed E-state index contributed by atoms with van der Waals surface area (Å²) in [6, 6.07) is 7.49. The van der Waals surface area contributed by atoms with E-state index in [1.165, 1.54) is 0 Å². The van der Waals surface area contributed by atoms with Crippen LogP contribution in [0, 0.1) is 0 Å². The molecule has 1 aliphatic heterocycles. The highest BCUT2D eigenvalue weighted by Gasteiger charge is 2.28. The van der Waals surface area contributed by atoms with E-state index in [1.807, 2.05) is 24.3 Å². The van der Waals surface area contributed by atoms with Crippen LogP contribution in [0.4, 0.5) is 0 Å². The van der Waals surface area contributed by atoms with Gasteiger partial charge in [-0.3, -0.25) is 9.89 Å². The maximum Gasteiger partial charge on any atom is 0.191 e. The van der Waals surface area contributed by atoms with Gasteiger partial charge in [-0.2, -0.15) is 0 Å². The second-order valence-electron chi connectivity index (χ2n) is 6.81. The third-order valence-electron chi connectivity index (χ3n) is 4.32. The van der Waals surface area contributed by atoms with Crippen LogP contribution in [0.2, 0.25) is 5.02 Å². The molecule has 2 rings (SSSR count). The van der Waals surface area contributed by atoms with E-state index in [9.17, 15) is 0 Å². The fourth-order valence-corrected chi connectivity index (χ4v) is 2.97. The van der Waals surface area contributed by atoms with E-state index in [-0.39, 0.29) is 29.5 Å². The van der Waals surface area contributed by atoms with Crippen molar-refractivity contribution < 1.29 is 9.47 Å². The average Bonchev–Trinajstić information content (AvgIpc) is 2.65. The van der Waals surface area contributed by atoms with Gasteiger partial charge in [0, 0.05) is 25.2 Å². The van der Waals surface area contributed by atoms with Gasteiger partial charge < -0.3 is 20.1 Å². The minimum Gasteiger partial charge on any atom is -0.490 e. The Balaban J connectivity index is 0.00000364. The second-order valence-corrected chi connectivity index (χ2v) is 7.22. The average molecular weight is 511 g/mol. The summed E-state index contributed by atoms with van der Waals surface area (Å²) >= 11 is 6.09. The van der Waals surface area contributed by atoms with E-state index in [1.54, 1.807) is 0 Å². The molecule has 0 atom stereocenters. The molecule has 0 spiro atoms. The fraction of sp³-hybridized carbons (Fsp3) is 0.632. The van der Waals surface area contributed by atoms with Crippen molar-refractivity contribution in [2.75, 3.05) is 52.5 Å². The lowest BCUT2D eigenvalue weighted by Crippen LogP contribution is -2.52. The summed E-state index contributed by atoms with van der Waals surface area (Å²) < 4.78 is 11.2. The fourth-order valence-electron chi connectivity index (χ4n) is 2.78. The summed E-state index contributed by atoms with van der Waals surface area (Å²) in [6.07, 6.45) is 0. The van der Waals surface area contributed by atoms with E-state index in [0.29, 0.717) is 30.5 Å². The van der Waals surface area contributed by atoms with Gasteiger partial charge in [-0.05, 0) is 32.9 Å². The third kappa shape index (κ3) is 8.41. The molecule has 1 aromatic rings. The molecule has 27 heavy (non-hydrogen) atoms. The van der Waals surface area contributed by atoms with Gasteiger partial charge >= 0.3 is 0 Å². The Hall–Kier alpha value is -0.770. The molecule has 0 unspecified atom stereocenters. The zero-order valence-corrected chi connectivity index (χ0v) is 19.5. The zero-order chi connectivity index (χ0) is 18.8. The van der Waals surface area contributed by atoms with E-state index in [0.717, 1.165) is 38.8 Å². The Morgan fingerprint density at radius 2 is 1.96 bits per heavy atom. The molecule has 2 N–H and O–H groups in total. The van der Waals surface area contributed by atoms with Crippen LogP contribution in [0.1, 0.15) is 20.8 Å². The van der Waals surface area contributed by atoms with Crippen LogP contribution in [0.3, 0.4) is 0 Å². The number of hydrogen-bond acceptors (Lipinski definition) is 4. The predicted octanol–water partition coefficient (Wildman–Crippen LogP) is 3.00. The quantitative estimate of drug-likeness (QED) is 0.244. The molecule has 1 fully saturated rings. The monoisotopic (exact) mass is 510 g/mol. The Labute approximate surface area is 185 Å². The number of nitrogens with zero attached hydrogens (tertiary/aromatic N) is 2. The first-order valence-corrected chi connectivity index (χ1v) is 9.63. The van der Waals surface area contributed by atoms with Gasteiger partial charge in [-0.15, -0.1) is 24.0 Å². The number of guanidine groups is 1. The number of hydrogen-bond donors (Lipinski definition) is 2. The Bertz CT molecular complexity index is 581. The molecule has 0 aliphatic carbocycles. The molecule has 0 aromatic heterocycles. The van der Waals surface area contributed by atoms with E-state index >= 15 is 0 Å². The van der Waals surface area contributed by atoms with Crippen LogP contribution in [0.15, 0.2) is 29.3 Å². The molecule has 0 amide bonds. The second kappa shape index (κ2) is 12.6. The summed E-state index contributed by atoms with van der Waals surface area (Å²) in [5, 5.41) is 7.22. The van der Waals surface area contributed by atoms with Crippen molar-refractivity contribution in [3.63, 3.8) is 0 Å². The predicted molar refractivity (Wildman–Crippen MR) is 123 cm³/mol.